The van der Waals surface area contributed by atoms with Crippen LogP contribution in [0.5, 0.6) is 5.75 Å². The number of fused-ring (bicyclic) bond motifs is 1. The van der Waals surface area contributed by atoms with Crippen LogP contribution in [0.2, 0.25) is 0 Å². The smallest absolute Gasteiger partial charge is 0.416 e. The lowest BCUT2D eigenvalue weighted by Crippen LogP contribution is -2.08. The van der Waals surface area contributed by atoms with E-state index in [9.17, 15) is 27.9 Å². The van der Waals surface area contributed by atoms with Gasteiger partial charge in [0.25, 0.3) is 0 Å². The highest BCUT2D eigenvalue weighted by molar-refractivity contribution is 5.94. The van der Waals surface area contributed by atoms with Crippen LogP contribution in [0.3, 0.4) is 0 Å². The van der Waals surface area contributed by atoms with E-state index in [-0.39, 0.29) is 18.1 Å². The number of hydrogen-bond acceptors (Lipinski definition) is 3. The molecule has 0 spiro atoms. The van der Waals surface area contributed by atoms with E-state index in [1.807, 2.05) is 47.9 Å². The van der Waals surface area contributed by atoms with Crippen LogP contribution in [0.1, 0.15) is 46.9 Å². The van der Waals surface area contributed by atoms with E-state index in [4.69, 9.17) is 10.5 Å². The number of amides is 1. The lowest BCUT2D eigenvalue weighted by molar-refractivity contribution is -0.137. The fourth-order valence-electron chi connectivity index (χ4n) is 3.67. The molecule has 0 aliphatic carbocycles. The highest BCUT2D eigenvalue weighted by Gasteiger charge is 2.30. The number of rotatable bonds is 8. The Hall–Kier alpha value is -4.27. The molecule has 0 atom stereocenters. The van der Waals surface area contributed by atoms with Crippen LogP contribution in [0.25, 0.3) is 10.9 Å². The van der Waals surface area contributed by atoms with Crippen molar-refractivity contribution in [3.05, 3.63) is 101 Å². The fraction of sp³-hybridized carbons (Fsp3) is 0.214. The van der Waals surface area contributed by atoms with Crippen molar-refractivity contribution >= 4 is 22.8 Å². The van der Waals surface area contributed by atoms with E-state index in [2.05, 4.69) is 0 Å². The van der Waals surface area contributed by atoms with E-state index in [1.165, 1.54) is 18.2 Å². The van der Waals surface area contributed by atoms with Crippen LogP contribution >= 0.6 is 0 Å². The molecule has 9 heteroatoms. The predicted octanol–water partition coefficient (Wildman–Crippen LogP) is 6.26. The number of aromatic nitrogens is 1. The molecule has 0 unspecified atom stereocenters. The first-order valence-electron chi connectivity index (χ1n) is 11.6. The standard InChI is InChI=1S/C24H18F3NO3.C4H9NO/c25-24(26,27)19-9-6-16(7-10-19)14-28-20(15-31-21-4-2-1-3-5-21)13-18-12-17(23(29)30)8-11-22(18)28;1-2-3-4(5)6/h1-13H,14-15H2,(H,29,30);2-3H2,1H3,(H2,5,6). The molecule has 0 saturated heterocycles. The summed E-state index contributed by atoms with van der Waals surface area (Å²) in [6.07, 6.45) is -3.02. The molecule has 0 fully saturated rings. The van der Waals surface area contributed by atoms with Gasteiger partial charge in [0, 0.05) is 23.9 Å². The molecule has 194 valence electrons. The number of alkyl halides is 3. The van der Waals surface area contributed by atoms with E-state index in [1.54, 1.807) is 12.1 Å². The third-order valence-electron chi connectivity index (χ3n) is 5.48. The monoisotopic (exact) mass is 512 g/mol. The Morgan fingerprint density at radius 2 is 1.65 bits per heavy atom. The van der Waals surface area contributed by atoms with E-state index < -0.39 is 17.7 Å². The van der Waals surface area contributed by atoms with E-state index in [0.717, 1.165) is 35.2 Å². The third-order valence-corrected chi connectivity index (χ3v) is 5.48. The van der Waals surface area contributed by atoms with Gasteiger partial charge in [0.15, 0.2) is 0 Å². The van der Waals surface area contributed by atoms with Gasteiger partial charge in [0.2, 0.25) is 5.91 Å². The molecule has 6 nitrogen and oxygen atoms in total. The average molecular weight is 513 g/mol. The van der Waals surface area contributed by atoms with E-state index >= 15 is 0 Å². The first-order chi connectivity index (χ1) is 17.6. The maximum atomic E-state index is 12.9. The quantitative estimate of drug-likeness (QED) is 0.291. The van der Waals surface area contributed by atoms with Crippen molar-refractivity contribution in [1.29, 1.82) is 0 Å². The molecule has 37 heavy (non-hydrogen) atoms. The number of carboxylic acid groups (broad SMARTS) is 1. The van der Waals surface area contributed by atoms with Crippen LogP contribution in [0, 0.1) is 0 Å². The second-order valence-corrected chi connectivity index (χ2v) is 8.31. The first-order valence-corrected chi connectivity index (χ1v) is 11.6. The number of para-hydroxylation sites is 1. The molecule has 1 aromatic heterocycles. The minimum Gasteiger partial charge on any atom is -0.487 e. The van der Waals surface area contributed by atoms with Gasteiger partial charge >= 0.3 is 12.1 Å². The van der Waals surface area contributed by atoms with Crippen molar-refractivity contribution in [2.45, 2.75) is 39.1 Å². The number of carboxylic acids is 1. The molecular formula is C28H27F3N2O4. The maximum absolute atomic E-state index is 12.9. The van der Waals surface area contributed by atoms with Gasteiger partial charge in [-0.15, -0.1) is 0 Å². The largest absolute Gasteiger partial charge is 0.487 e. The van der Waals surface area contributed by atoms with Crippen LogP contribution in [-0.4, -0.2) is 21.6 Å². The van der Waals surface area contributed by atoms with Crippen molar-refractivity contribution in [3.63, 3.8) is 0 Å². The Kier molecular flexibility index (Phi) is 8.95. The zero-order valence-corrected chi connectivity index (χ0v) is 20.2. The summed E-state index contributed by atoms with van der Waals surface area (Å²) >= 11 is 0. The van der Waals surface area contributed by atoms with Crippen molar-refractivity contribution < 1.29 is 32.6 Å². The van der Waals surface area contributed by atoms with Gasteiger partial charge in [-0.3, -0.25) is 4.79 Å². The topological polar surface area (TPSA) is 94.6 Å². The molecule has 0 aliphatic heterocycles. The molecule has 4 aromatic rings. The lowest BCUT2D eigenvalue weighted by atomic mass is 10.1. The number of nitrogens with zero attached hydrogens (tertiary/aromatic N) is 1. The highest BCUT2D eigenvalue weighted by Crippen LogP contribution is 2.30. The van der Waals surface area contributed by atoms with Gasteiger partial charge < -0.3 is 20.1 Å². The van der Waals surface area contributed by atoms with E-state index in [0.29, 0.717) is 24.3 Å². The number of nitrogens with two attached hydrogens (primary N) is 1. The average Bonchev–Trinajstić information content (AvgIpc) is 3.20. The van der Waals surface area contributed by atoms with Crippen molar-refractivity contribution in [1.82, 2.24) is 4.57 Å². The first kappa shape index (κ1) is 27.3. The zero-order valence-electron chi connectivity index (χ0n) is 20.2. The van der Waals surface area contributed by atoms with Gasteiger partial charge in [0.05, 0.1) is 16.8 Å². The Balaban J connectivity index is 0.000000568. The second-order valence-electron chi connectivity index (χ2n) is 8.31. The minimum atomic E-state index is -4.39. The van der Waals surface area contributed by atoms with Gasteiger partial charge in [-0.2, -0.15) is 13.2 Å². The third kappa shape index (κ3) is 7.60. The summed E-state index contributed by atoms with van der Waals surface area (Å²) in [5.74, 6) is -0.558. The van der Waals surface area contributed by atoms with Crippen molar-refractivity contribution in [2.24, 2.45) is 5.73 Å². The van der Waals surface area contributed by atoms with Crippen LogP contribution < -0.4 is 10.5 Å². The lowest BCUT2D eigenvalue weighted by Gasteiger charge is -2.13. The van der Waals surface area contributed by atoms with Gasteiger partial charge in [-0.05, 0) is 60.5 Å². The summed E-state index contributed by atoms with van der Waals surface area (Å²) in [6, 6.07) is 20.9. The summed E-state index contributed by atoms with van der Waals surface area (Å²) < 4.78 is 46.4. The Bertz CT molecular complexity index is 1350. The van der Waals surface area contributed by atoms with Gasteiger partial charge in [-0.1, -0.05) is 37.3 Å². The summed E-state index contributed by atoms with van der Waals surface area (Å²) in [4.78, 5) is 21.1. The van der Waals surface area contributed by atoms with Crippen LogP contribution in [-0.2, 0) is 24.1 Å². The molecule has 0 aliphatic rings. The Morgan fingerprint density at radius 1 is 0.973 bits per heavy atom. The molecule has 4 rings (SSSR count). The fourth-order valence-corrected chi connectivity index (χ4v) is 3.67. The molecular weight excluding hydrogens is 485 g/mol. The molecule has 3 N–H and O–H groups in total. The number of halogens is 3. The predicted molar refractivity (Wildman–Crippen MR) is 134 cm³/mol. The molecule has 3 aromatic carbocycles. The summed E-state index contributed by atoms with van der Waals surface area (Å²) in [5.41, 5.74) is 6.47. The summed E-state index contributed by atoms with van der Waals surface area (Å²) in [5, 5.41) is 10.00. The summed E-state index contributed by atoms with van der Waals surface area (Å²) in [7, 11) is 0. The molecule has 0 bridgehead atoms. The normalized spacial score (nSPS) is 11.0. The number of carbonyl (C=O) groups is 2. The number of primary amides is 1. The number of benzene rings is 3. The Labute approximate surface area is 212 Å². The van der Waals surface area contributed by atoms with Gasteiger partial charge in [0.1, 0.15) is 12.4 Å². The maximum Gasteiger partial charge on any atom is 0.416 e. The number of hydrogen-bond donors (Lipinski definition) is 2. The van der Waals surface area contributed by atoms with Crippen LogP contribution in [0.4, 0.5) is 13.2 Å². The zero-order chi connectivity index (χ0) is 27.0. The van der Waals surface area contributed by atoms with Gasteiger partial charge in [-0.25, -0.2) is 4.79 Å². The Morgan fingerprint density at radius 3 is 2.19 bits per heavy atom. The molecule has 0 radical (unpaired) electrons. The molecule has 0 saturated carbocycles. The minimum absolute atomic E-state index is 0.162. The molecule has 1 heterocycles. The number of aromatic carboxylic acids is 1. The SMILES string of the molecule is CCCC(N)=O.O=C(O)c1ccc2c(c1)cc(COc1ccccc1)n2Cc1ccc(C(F)(F)F)cc1. The summed E-state index contributed by atoms with van der Waals surface area (Å²) in [6.45, 7) is 2.47. The van der Waals surface area contributed by atoms with Crippen LogP contribution in [0.15, 0.2) is 78.9 Å². The van der Waals surface area contributed by atoms with Crippen molar-refractivity contribution in [3.8, 4) is 5.75 Å². The number of carbonyl (C=O) groups excluding carboxylic acids is 1. The second kappa shape index (κ2) is 12.1. The molecule has 1 amide bonds. The van der Waals surface area contributed by atoms with Crippen molar-refractivity contribution in [2.75, 3.05) is 0 Å². The highest BCUT2D eigenvalue weighted by atomic mass is 19.4. The number of ether oxygens (including phenoxy) is 1.